The molecule has 0 saturated heterocycles. The Bertz CT molecular complexity index is 460. The lowest BCUT2D eigenvalue weighted by molar-refractivity contribution is 0.768. The molecule has 0 aliphatic carbocycles. The molecular weight excluding hydrogens is 178 g/mol. The van der Waals surface area contributed by atoms with Crippen LogP contribution in [0.4, 0.5) is 5.95 Å². The zero-order valence-corrected chi connectivity index (χ0v) is 8.10. The van der Waals surface area contributed by atoms with Gasteiger partial charge in [-0.05, 0) is 12.5 Å². The van der Waals surface area contributed by atoms with Gasteiger partial charge in [-0.15, -0.1) is 0 Å². The van der Waals surface area contributed by atoms with Gasteiger partial charge in [0, 0.05) is 25.0 Å². The molecule has 0 atom stereocenters. The fraction of sp³-hybridized carbons (Fsp3) is 0.222. The smallest absolute Gasteiger partial charge is 0.220 e. The summed E-state index contributed by atoms with van der Waals surface area (Å²) in [5.41, 5.74) is 8.31. The predicted molar refractivity (Wildman–Crippen MR) is 53.4 cm³/mol. The average Bonchev–Trinajstić information content (AvgIpc) is 2.56. The molecule has 0 fully saturated rings. The third kappa shape index (κ3) is 1.44. The minimum absolute atomic E-state index is 0.287. The molecule has 0 aliphatic heterocycles. The Hall–Kier alpha value is -1.91. The van der Waals surface area contributed by atoms with Crippen LogP contribution >= 0.6 is 0 Å². The van der Waals surface area contributed by atoms with Gasteiger partial charge in [0.2, 0.25) is 5.95 Å². The molecule has 2 heterocycles. The van der Waals surface area contributed by atoms with Gasteiger partial charge >= 0.3 is 0 Å². The number of hydrogen-bond acceptors (Lipinski definition) is 4. The second-order valence-corrected chi connectivity index (χ2v) is 3.16. The van der Waals surface area contributed by atoms with Crippen LogP contribution in [0.2, 0.25) is 0 Å². The Balaban J connectivity index is 2.55. The van der Waals surface area contributed by atoms with E-state index in [1.165, 1.54) is 0 Å². The van der Waals surface area contributed by atoms with Crippen molar-refractivity contribution >= 4 is 5.95 Å². The van der Waals surface area contributed by atoms with Crippen LogP contribution in [0.5, 0.6) is 0 Å². The van der Waals surface area contributed by atoms with Crippen molar-refractivity contribution < 1.29 is 0 Å². The monoisotopic (exact) mass is 189 g/mol. The van der Waals surface area contributed by atoms with E-state index in [4.69, 9.17) is 5.73 Å². The largest absolute Gasteiger partial charge is 0.368 e. The van der Waals surface area contributed by atoms with E-state index >= 15 is 0 Å². The van der Waals surface area contributed by atoms with Crippen LogP contribution in [-0.2, 0) is 7.05 Å². The summed E-state index contributed by atoms with van der Waals surface area (Å²) < 4.78 is 1.73. The SMILES string of the molecule is Cc1cnc(N)nc1-c1cnn(C)c1. The van der Waals surface area contributed by atoms with Crippen LogP contribution in [0, 0.1) is 6.92 Å². The molecule has 2 aromatic rings. The van der Waals surface area contributed by atoms with Crippen molar-refractivity contribution in [2.24, 2.45) is 7.05 Å². The van der Waals surface area contributed by atoms with Crippen molar-refractivity contribution in [3.63, 3.8) is 0 Å². The highest BCUT2D eigenvalue weighted by Crippen LogP contribution is 2.19. The molecule has 72 valence electrons. The molecule has 2 N–H and O–H groups in total. The molecule has 0 unspecified atom stereocenters. The number of aromatic nitrogens is 4. The number of anilines is 1. The van der Waals surface area contributed by atoms with Crippen molar-refractivity contribution in [2.75, 3.05) is 5.73 Å². The molecule has 0 aliphatic rings. The number of nitrogens with zero attached hydrogens (tertiary/aromatic N) is 4. The van der Waals surface area contributed by atoms with E-state index in [2.05, 4.69) is 15.1 Å². The first-order valence-electron chi connectivity index (χ1n) is 4.25. The standard InChI is InChI=1S/C9H11N5/c1-6-3-11-9(10)13-8(6)7-4-12-14(2)5-7/h3-5H,1-2H3,(H2,10,11,13). The first kappa shape index (κ1) is 8.68. The van der Waals surface area contributed by atoms with Crippen molar-refractivity contribution in [3.8, 4) is 11.3 Å². The predicted octanol–water partition coefficient (Wildman–Crippen LogP) is 0.768. The van der Waals surface area contributed by atoms with Crippen LogP contribution in [0.3, 0.4) is 0 Å². The van der Waals surface area contributed by atoms with Gasteiger partial charge in [-0.25, -0.2) is 9.97 Å². The zero-order chi connectivity index (χ0) is 10.1. The lowest BCUT2D eigenvalue weighted by Crippen LogP contribution is -1.97. The number of aryl methyl sites for hydroxylation is 2. The van der Waals surface area contributed by atoms with Crippen molar-refractivity contribution in [2.45, 2.75) is 6.92 Å². The van der Waals surface area contributed by atoms with E-state index in [0.717, 1.165) is 16.8 Å². The minimum atomic E-state index is 0.287. The first-order valence-corrected chi connectivity index (χ1v) is 4.25. The highest BCUT2D eigenvalue weighted by molar-refractivity contribution is 5.61. The van der Waals surface area contributed by atoms with E-state index in [1.54, 1.807) is 17.1 Å². The maximum Gasteiger partial charge on any atom is 0.220 e. The molecule has 2 aromatic heterocycles. The molecule has 14 heavy (non-hydrogen) atoms. The summed E-state index contributed by atoms with van der Waals surface area (Å²) in [4.78, 5) is 8.08. The van der Waals surface area contributed by atoms with Gasteiger partial charge in [-0.1, -0.05) is 0 Å². The third-order valence-electron chi connectivity index (χ3n) is 1.97. The summed E-state index contributed by atoms with van der Waals surface area (Å²) in [7, 11) is 1.86. The first-order chi connectivity index (χ1) is 6.66. The summed E-state index contributed by atoms with van der Waals surface area (Å²) >= 11 is 0. The fourth-order valence-electron chi connectivity index (χ4n) is 1.29. The lowest BCUT2D eigenvalue weighted by atomic mass is 10.2. The van der Waals surface area contributed by atoms with E-state index < -0.39 is 0 Å². The zero-order valence-electron chi connectivity index (χ0n) is 8.10. The molecule has 0 radical (unpaired) electrons. The van der Waals surface area contributed by atoms with Crippen molar-refractivity contribution in [1.29, 1.82) is 0 Å². The Morgan fingerprint density at radius 1 is 1.36 bits per heavy atom. The average molecular weight is 189 g/mol. The Morgan fingerprint density at radius 3 is 2.79 bits per heavy atom. The topological polar surface area (TPSA) is 69.6 Å². The summed E-state index contributed by atoms with van der Waals surface area (Å²) in [6, 6.07) is 0. The number of hydrogen-bond donors (Lipinski definition) is 1. The summed E-state index contributed by atoms with van der Waals surface area (Å²) in [6.07, 6.45) is 5.37. The number of nitrogen functional groups attached to an aromatic ring is 1. The lowest BCUT2D eigenvalue weighted by Gasteiger charge is -2.01. The molecular formula is C9H11N5. The van der Waals surface area contributed by atoms with Gasteiger partial charge in [0.15, 0.2) is 0 Å². The third-order valence-corrected chi connectivity index (χ3v) is 1.97. The number of nitrogens with two attached hydrogens (primary N) is 1. The molecule has 2 rings (SSSR count). The van der Waals surface area contributed by atoms with Crippen LogP contribution in [0.25, 0.3) is 11.3 Å². The van der Waals surface area contributed by atoms with Crippen molar-refractivity contribution in [3.05, 3.63) is 24.2 Å². The van der Waals surface area contributed by atoms with Crippen LogP contribution in [0.1, 0.15) is 5.56 Å². The van der Waals surface area contributed by atoms with Gasteiger partial charge < -0.3 is 5.73 Å². The van der Waals surface area contributed by atoms with Crippen LogP contribution in [-0.4, -0.2) is 19.7 Å². The normalized spacial score (nSPS) is 10.4. The second-order valence-electron chi connectivity index (χ2n) is 3.16. The fourth-order valence-corrected chi connectivity index (χ4v) is 1.29. The van der Waals surface area contributed by atoms with Gasteiger partial charge in [0.25, 0.3) is 0 Å². The maximum absolute atomic E-state index is 5.52. The van der Waals surface area contributed by atoms with Crippen molar-refractivity contribution in [1.82, 2.24) is 19.7 Å². The van der Waals surface area contributed by atoms with Gasteiger partial charge in [0.1, 0.15) is 0 Å². The van der Waals surface area contributed by atoms with E-state index in [0.29, 0.717) is 0 Å². The second kappa shape index (κ2) is 3.10. The highest BCUT2D eigenvalue weighted by Gasteiger charge is 2.06. The quantitative estimate of drug-likeness (QED) is 0.719. The molecule has 0 amide bonds. The van der Waals surface area contributed by atoms with Crippen LogP contribution < -0.4 is 5.73 Å². The van der Waals surface area contributed by atoms with Crippen LogP contribution in [0.15, 0.2) is 18.6 Å². The van der Waals surface area contributed by atoms with Gasteiger partial charge in [-0.2, -0.15) is 5.10 Å². The molecule has 0 spiro atoms. The van der Waals surface area contributed by atoms with E-state index in [1.807, 2.05) is 20.2 Å². The maximum atomic E-state index is 5.52. The summed E-state index contributed by atoms with van der Waals surface area (Å²) in [6.45, 7) is 1.95. The highest BCUT2D eigenvalue weighted by atomic mass is 15.2. The Kier molecular flexibility index (Phi) is 1.92. The molecule has 5 heteroatoms. The van der Waals surface area contributed by atoms with Gasteiger partial charge in [0.05, 0.1) is 11.9 Å². The van der Waals surface area contributed by atoms with Gasteiger partial charge in [-0.3, -0.25) is 4.68 Å². The molecule has 0 bridgehead atoms. The molecule has 5 nitrogen and oxygen atoms in total. The summed E-state index contributed by atoms with van der Waals surface area (Å²) in [5.74, 6) is 0.287. The summed E-state index contributed by atoms with van der Waals surface area (Å²) in [5, 5.41) is 4.08. The number of rotatable bonds is 1. The minimum Gasteiger partial charge on any atom is -0.368 e. The molecule has 0 aromatic carbocycles. The Morgan fingerprint density at radius 2 is 2.14 bits per heavy atom. The molecule has 0 saturated carbocycles. The van der Waals surface area contributed by atoms with E-state index in [9.17, 15) is 0 Å². The Labute approximate surface area is 81.6 Å². The van der Waals surface area contributed by atoms with E-state index in [-0.39, 0.29) is 5.95 Å².